The minimum atomic E-state index is 0.716. The molecule has 0 radical (unpaired) electrons. The Hall–Kier alpha value is -8.32. The molecule has 0 aliphatic rings. The van der Waals surface area contributed by atoms with E-state index in [-0.39, 0.29) is 0 Å². The maximum atomic E-state index is 6.67. The van der Waals surface area contributed by atoms with Crippen LogP contribution >= 0.6 is 11.3 Å². The monoisotopic (exact) mass is 832 g/mol. The summed E-state index contributed by atoms with van der Waals surface area (Å²) in [6.07, 6.45) is 0. The van der Waals surface area contributed by atoms with Gasteiger partial charge >= 0.3 is 0 Å². The number of hydrogen-bond donors (Lipinski definition) is 0. The van der Waals surface area contributed by atoms with E-state index in [4.69, 9.17) is 14.4 Å². The number of rotatable bonds is 4. The summed E-state index contributed by atoms with van der Waals surface area (Å²) in [5, 5.41) is 13.0. The molecule has 5 nitrogen and oxygen atoms in total. The third kappa shape index (κ3) is 4.67. The summed E-state index contributed by atoms with van der Waals surface area (Å²) in [7, 11) is 0. The molecular formula is C58H32N4OS. The molecule has 0 fully saturated rings. The first kappa shape index (κ1) is 34.3. The molecule has 5 heterocycles. The van der Waals surface area contributed by atoms with Crippen molar-refractivity contribution in [2.24, 2.45) is 0 Å². The average Bonchev–Trinajstić information content (AvgIpc) is 3.98. The van der Waals surface area contributed by atoms with Crippen molar-refractivity contribution in [1.29, 1.82) is 0 Å². The lowest BCUT2D eigenvalue weighted by atomic mass is 10.00. The molecule has 0 saturated heterocycles. The lowest BCUT2D eigenvalue weighted by Crippen LogP contribution is -1.96. The lowest BCUT2D eigenvalue weighted by molar-refractivity contribution is 0.664. The number of thiophene rings is 1. The highest BCUT2D eigenvalue weighted by atomic mass is 32.1. The van der Waals surface area contributed by atoms with Crippen molar-refractivity contribution in [2.75, 3.05) is 0 Å². The zero-order valence-corrected chi connectivity index (χ0v) is 34.9. The topological polar surface area (TPSA) is 48.8 Å². The van der Waals surface area contributed by atoms with Crippen LogP contribution in [0.3, 0.4) is 0 Å². The Labute approximate surface area is 368 Å². The van der Waals surface area contributed by atoms with Gasteiger partial charge in [0.25, 0.3) is 0 Å². The minimum absolute atomic E-state index is 0.716. The van der Waals surface area contributed by atoms with E-state index in [2.05, 4.69) is 203 Å². The Morgan fingerprint density at radius 2 is 1.02 bits per heavy atom. The van der Waals surface area contributed by atoms with Gasteiger partial charge in [0, 0.05) is 64.9 Å². The van der Waals surface area contributed by atoms with Crippen LogP contribution in [0.5, 0.6) is 0 Å². The molecule has 0 bridgehead atoms. The predicted octanol–water partition coefficient (Wildman–Crippen LogP) is 16.0. The molecule has 0 spiro atoms. The highest BCUT2D eigenvalue weighted by molar-refractivity contribution is 7.26. The van der Waals surface area contributed by atoms with Crippen LogP contribution in [0.25, 0.3) is 141 Å². The second kappa shape index (κ2) is 12.6. The highest BCUT2D eigenvalue weighted by Gasteiger charge is 2.23. The molecule has 0 aliphatic carbocycles. The van der Waals surface area contributed by atoms with Gasteiger partial charge in [-0.1, -0.05) is 115 Å². The van der Waals surface area contributed by atoms with E-state index in [1.807, 2.05) is 0 Å². The van der Waals surface area contributed by atoms with Gasteiger partial charge in [0.15, 0.2) is 5.82 Å². The third-order valence-electron chi connectivity index (χ3n) is 13.4. The minimum Gasteiger partial charge on any atom is -0.456 e. The number of benzene rings is 10. The van der Waals surface area contributed by atoms with Crippen molar-refractivity contribution in [2.45, 2.75) is 0 Å². The molecule has 5 aromatic heterocycles. The second-order valence-electron chi connectivity index (χ2n) is 16.9. The van der Waals surface area contributed by atoms with Crippen molar-refractivity contribution in [3.8, 4) is 34.0 Å². The third-order valence-corrected chi connectivity index (χ3v) is 14.6. The fraction of sp³-hybridized carbons (Fsp3) is 0. The Morgan fingerprint density at radius 3 is 1.81 bits per heavy atom. The van der Waals surface area contributed by atoms with E-state index in [9.17, 15) is 0 Å². The van der Waals surface area contributed by atoms with E-state index in [0.29, 0.717) is 5.82 Å². The average molecular weight is 833 g/mol. The SMILES string of the molecule is c1ccc(-n2c3ccccc3c3cc(-c4nc(-c5ccc6cc(-n7c8ccc9cccc%10oc%11cccc%12ccc7c(c%12%11)c8c9%10)ccc6c5)nc5c4sc4ccccc45)ccc32)cc1. The molecule has 0 amide bonds. The van der Waals surface area contributed by atoms with Gasteiger partial charge in [-0.25, -0.2) is 9.97 Å². The van der Waals surface area contributed by atoms with Gasteiger partial charge in [-0.05, 0) is 100 Å². The number of para-hydroxylation sites is 2. The molecule has 15 aromatic rings. The van der Waals surface area contributed by atoms with E-state index in [0.717, 1.165) is 76.5 Å². The van der Waals surface area contributed by atoms with Crippen LogP contribution in [0.4, 0.5) is 0 Å². The second-order valence-corrected chi connectivity index (χ2v) is 18.0. The summed E-state index contributed by atoms with van der Waals surface area (Å²) in [6.45, 7) is 0. The Morgan fingerprint density at radius 1 is 0.391 bits per heavy atom. The molecule has 0 N–H and O–H groups in total. The predicted molar refractivity (Wildman–Crippen MR) is 268 cm³/mol. The molecule has 0 saturated carbocycles. The first-order chi connectivity index (χ1) is 31.7. The summed E-state index contributed by atoms with van der Waals surface area (Å²) in [5.74, 6) is 0.716. The normalized spacial score (nSPS) is 12.4. The largest absolute Gasteiger partial charge is 0.456 e. The molecule has 6 heteroatoms. The van der Waals surface area contributed by atoms with Crippen LogP contribution in [0.15, 0.2) is 199 Å². The summed E-state index contributed by atoms with van der Waals surface area (Å²) < 4.78 is 13.8. The van der Waals surface area contributed by atoms with Gasteiger partial charge in [0.1, 0.15) is 11.2 Å². The molecule has 10 aromatic carbocycles. The highest BCUT2D eigenvalue weighted by Crippen LogP contribution is 2.46. The zero-order chi connectivity index (χ0) is 41.6. The van der Waals surface area contributed by atoms with E-state index >= 15 is 0 Å². The Kier molecular flexibility index (Phi) is 6.77. The van der Waals surface area contributed by atoms with Crippen molar-refractivity contribution in [3.63, 3.8) is 0 Å². The van der Waals surface area contributed by atoms with Gasteiger partial charge in [-0.15, -0.1) is 11.3 Å². The van der Waals surface area contributed by atoms with Gasteiger partial charge in [0.2, 0.25) is 0 Å². The van der Waals surface area contributed by atoms with Crippen molar-refractivity contribution in [1.82, 2.24) is 19.1 Å². The van der Waals surface area contributed by atoms with Crippen LogP contribution in [0.1, 0.15) is 0 Å². The van der Waals surface area contributed by atoms with Gasteiger partial charge in [0.05, 0.1) is 38.0 Å². The quantitative estimate of drug-likeness (QED) is 0.177. The van der Waals surface area contributed by atoms with Crippen molar-refractivity contribution >= 4 is 119 Å². The van der Waals surface area contributed by atoms with Crippen LogP contribution in [-0.4, -0.2) is 19.1 Å². The number of fused-ring (bicyclic) bond motifs is 7. The standard InChI is InChI=1S/C58H32N4OS/c1-2-12-39(13-3-1)61-44-16-6-4-14-41(44)43-32-37(25-27-45(43)61)55-57-56(42-15-5-7-19-50(42)64-57)60-58(59-55)38-21-20-36-31-40(26-22-35(36)30-38)62-46-28-23-33-10-8-17-48-51(33)53(46)54-47(62)29-24-34-11-9-18-49(63-48)52(34)54/h1-32H. The van der Waals surface area contributed by atoms with E-state index in [1.165, 1.54) is 59.1 Å². The summed E-state index contributed by atoms with van der Waals surface area (Å²) in [5.41, 5.74) is 12.7. The van der Waals surface area contributed by atoms with Gasteiger partial charge < -0.3 is 13.6 Å². The summed E-state index contributed by atoms with van der Waals surface area (Å²) >= 11 is 1.77. The number of nitrogens with zero attached hydrogens (tertiary/aromatic N) is 4. The zero-order valence-electron chi connectivity index (χ0n) is 34.1. The molecular weight excluding hydrogens is 801 g/mol. The molecule has 296 valence electrons. The maximum Gasteiger partial charge on any atom is 0.160 e. The molecule has 0 unspecified atom stereocenters. The summed E-state index contributed by atoms with van der Waals surface area (Å²) in [4.78, 5) is 10.8. The fourth-order valence-corrected chi connectivity index (χ4v) is 11.8. The maximum absolute atomic E-state index is 6.67. The molecule has 0 atom stereocenters. The van der Waals surface area contributed by atoms with Crippen molar-refractivity contribution in [3.05, 3.63) is 194 Å². The van der Waals surface area contributed by atoms with Crippen LogP contribution in [0, 0.1) is 0 Å². The van der Waals surface area contributed by atoms with Gasteiger partial charge in [-0.3, -0.25) is 0 Å². The first-order valence-corrected chi connectivity index (χ1v) is 22.5. The number of aromatic nitrogens is 4. The molecule has 0 aliphatic heterocycles. The fourth-order valence-electron chi connectivity index (χ4n) is 10.6. The van der Waals surface area contributed by atoms with Crippen molar-refractivity contribution < 1.29 is 4.42 Å². The van der Waals surface area contributed by atoms with Gasteiger partial charge in [-0.2, -0.15) is 0 Å². The molecule has 15 rings (SSSR count). The van der Waals surface area contributed by atoms with Crippen LogP contribution < -0.4 is 0 Å². The molecule has 64 heavy (non-hydrogen) atoms. The Bertz CT molecular complexity index is 4330. The lowest BCUT2D eigenvalue weighted by Gasteiger charge is -2.12. The smallest absolute Gasteiger partial charge is 0.160 e. The van der Waals surface area contributed by atoms with Crippen LogP contribution in [0.2, 0.25) is 0 Å². The number of hydrogen-bond acceptors (Lipinski definition) is 4. The Balaban J connectivity index is 0.912. The summed E-state index contributed by atoms with van der Waals surface area (Å²) in [6, 6.07) is 69.9. The first-order valence-electron chi connectivity index (χ1n) is 21.6. The van der Waals surface area contributed by atoms with E-state index in [1.54, 1.807) is 11.3 Å². The van der Waals surface area contributed by atoms with Crippen LogP contribution in [-0.2, 0) is 0 Å². The van der Waals surface area contributed by atoms with E-state index < -0.39 is 0 Å².